The Balaban J connectivity index is 2.34. The number of hydrogen-bond acceptors (Lipinski definition) is 5. The van der Waals surface area contributed by atoms with E-state index in [-0.39, 0.29) is 6.61 Å². The standard InChI is InChI=1S/C13H16N4O/c1-9-8-16-13(17-12(9)15-5-6-18)10-3-2-4-11(14)7-10/h2-4,7-8,18H,5-6,14H2,1H3,(H,15,16,17). The summed E-state index contributed by atoms with van der Waals surface area (Å²) in [6, 6.07) is 7.44. The molecule has 4 N–H and O–H groups in total. The normalized spacial score (nSPS) is 10.3. The largest absolute Gasteiger partial charge is 0.399 e. The molecule has 0 aliphatic carbocycles. The highest BCUT2D eigenvalue weighted by Gasteiger charge is 2.05. The number of nitrogens with two attached hydrogens (primary N) is 1. The number of nitrogens with zero attached hydrogens (tertiary/aromatic N) is 2. The highest BCUT2D eigenvalue weighted by Crippen LogP contribution is 2.20. The number of aromatic nitrogens is 2. The van der Waals surface area contributed by atoms with Gasteiger partial charge >= 0.3 is 0 Å². The lowest BCUT2D eigenvalue weighted by Gasteiger charge is -2.09. The van der Waals surface area contributed by atoms with E-state index in [2.05, 4.69) is 15.3 Å². The SMILES string of the molecule is Cc1cnc(-c2cccc(N)c2)nc1NCCO. The lowest BCUT2D eigenvalue weighted by molar-refractivity contribution is 0.311. The number of rotatable bonds is 4. The third-order valence-corrected chi connectivity index (χ3v) is 2.52. The van der Waals surface area contributed by atoms with Crippen LogP contribution in [0.25, 0.3) is 11.4 Å². The van der Waals surface area contributed by atoms with E-state index in [1.54, 1.807) is 6.20 Å². The summed E-state index contributed by atoms with van der Waals surface area (Å²) in [7, 11) is 0. The molecule has 5 nitrogen and oxygen atoms in total. The Morgan fingerprint density at radius 2 is 2.22 bits per heavy atom. The van der Waals surface area contributed by atoms with Crippen molar-refractivity contribution in [2.45, 2.75) is 6.92 Å². The zero-order valence-electron chi connectivity index (χ0n) is 10.2. The predicted octanol–water partition coefficient (Wildman–Crippen LogP) is 1.44. The zero-order valence-corrected chi connectivity index (χ0v) is 10.2. The van der Waals surface area contributed by atoms with Gasteiger partial charge in [-0.25, -0.2) is 9.97 Å². The summed E-state index contributed by atoms with van der Waals surface area (Å²) in [6.45, 7) is 2.45. The summed E-state index contributed by atoms with van der Waals surface area (Å²) in [5.74, 6) is 1.35. The van der Waals surface area contributed by atoms with Crippen molar-refractivity contribution in [2.75, 3.05) is 24.2 Å². The average Bonchev–Trinajstić information content (AvgIpc) is 2.38. The van der Waals surface area contributed by atoms with Crippen LogP contribution < -0.4 is 11.1 Å². The summed E-state index contributed by atoms with van der Waals surface area (Å²) in [5.41, 5.74) is 8.24. The summed E-state index contributed by atoms with van der Waals surface area (Å²) in [4.78, 5) is 8.72. The van der Waals surface area contributed by atoms with Crippen molar-refractivity contribution >= 4 is 11.5 Å². The van der Waals surface area contributed by atoms with Gasteiger partial charge < -0.3 is 16.2 Å². The molecular weight excluding hydrogens is 228 g/mol. The fourth-order valence-corrected chi connectivity index (χ4v) is 1.61. The quantitative estimate of drug-likeness (QED) is 0.709. The molecule has 0 bridgehead atoms. The Morgan fingerprint density at radius 3 is 2.94 bits per heavy atom. The van der Waals surface area contributed by atoms with Gasteiger partial charge in [-0.05, 0) is 19.1 Å². The van der Waals surface area contributed by atoms with Crippen LogP contribution in [0.15, 0.2) is 30.5 Å². The summed E-state index contributed by atoms with van der Waals surface area (Å²) >= 11 is 0. The number of nitrogens with one attached hydrogen (secondary N) is 1. The van der Waals surface area contributed by atoms with Crippen LogP contribution in [0.5, 0.6) is 0 Å². The number of benzene rings is 1. The van der Waals surface area contributed by atoms with E-state index in [0.29, 0.717) is 18.1 Å². The van der Waals surface area contributed by atoms with Gasteiger partial charge in [-0.15, -0.1) is 0 Å². The summed E-state index contributed by atoms with van der Waals surface area (Å²) in [5, 5.41) is 11.9. The van der Waals surface area contributed by atoms with Gasteiger partial charge in [0.1, 0.15) is 5.82 Å². The summed E-state index contributed by atoms with van der Waals surface area (Å²) in [6.07, 6.45) is 1.76. The van der Waals surface area contributed by atoms with E-state index in [9.17, 15) is 0 Å². The van der Waals surface area contributed by atoms with Gasteiger partial charge in [0.05, 0.1) is 6.61 Å². The Hall–Kier alpha value is -2.14. The molecule has 1 aromatic heterocycles. The second kappa shape index (κ2) is 5.46. The van der Waals surface area contributed by atoms with Crippen molar-refractivity contribution < 1.29 is 5.11 Å². The van der Waals surface area contributed by atoms with Crippen molar-refractivity contribution in [3.8, 4) is 11.4 Å². The molecule has 0 unspecified atom stereocenters. The molecule has 2 rings (SSSR count). The minimum absolute atomic E-state index is 0.0665. The van der Waals surface area contributed by atoms with Gasteiger partial charge in [-0.2, -0.15) is 0 Å². The Kier molecular flexibility index (Phi) is 3.74. The third kappa shape index (κ3) is 2.75. The first-order valence-electron chi connectivity index (χ1n) is 5.75. The first kappa shape index (κ1) is 12.3. The number of hydrogen-bond donors (Lipinski definition) is 3. The van der Waals surface area contributed by atoms with Gasteiger partial charge in [0.15, 0.2) is 5.82 Å². The van der Waals surface area contributed by atoms with Crippen LogP contribution in [0.2, 0.25) is 0 Å². The lowest BCUT2D eigenvalue weighted by Crippen LogP contribution is -2.09. The second-order valence-electron chi connectivity index (χ2n) is 4.00. The zero-order chi connectivity index (χ0) is 13.0. The van der Waals surface area contributed by atoms with Crippen LogP contribution in [0.3, 0.4) is 0 Å². The number of aliphatic hydroxyl groups is 1. The van der Waals surface area contributed by atoms with Crippen LogP contribution >= 0.6 is 0 Å². The Bertz CT molecular complexity index is 542. The fraction of sp³-hybridized carbons (Fsp3) is 0.231. The molecule has 2 aromatic rings. The van der Waals surface area contributed by atoms with E-state index < -0.39 is 0 Å². The molecule has 0 radical (unpaired) electrons. The smallest absolute Gasteiger partial charge is 0.161 e. The number of aliphatic hydroxyl groups excluding tert-OH is 1. The molecule has 1 heterocycles. The molecule has 0 saturated heterocycles. The van der Waals surface area contributed by atoms with Crippen molar-refractivity contribution in [2.24, 2.45) is 0 Å². The third-order valence-electron chi connectivity index (χ3n) is 2.52. The monoisotopic (exact) mass is 244 g/mol. The highest BCUT2D eigenvalue weighted by atomic mass is 16.3. The van der Waals surface area contributed by atoms with E-state index in [4.69, 9.17) is 10.8 Å². The van der Waals surface area contributed by atoms with Crippen molar-refractivity contribution in [1.29, 1.82) is 0 Å². The molecule has 18 heavy (non-hydrogen) atoms. The van der Waals surface area contributed by atoms with Gasteiger partial charge in [0, 0.05) is 29.6 Å². The van der Waals surface area contributed by atoms with Crippen LogP contribution in [-0.2, 0) is 0 Å². The predicted molar refractivity (Wildman–Crippen MR) is 72.2 cm³/mol. The maximum absolute atomic E-state index is 8.82. The minimum atomic E-state index is 0.0665. The topological polar surface area (TPSA) is 84.1 Å². The van der Waals surface area contributed by atoms with Crippen LogP contribution in [0.1, 0.15) is 5.56 Å². The maximum atomic E-state index is 8.82. The molecule has 0 fully saturated rings. The fourth-order valence-electron chi connectivity index (χ4n) is 1.61. The molecule has 0 spiro atoms. The van der Waals surface area contributed by atoms with E-state index in [1.807, 2.05) is 31.2 Å². The van der Waals surface area contributed by atoms with E-state index >= 15 is 0 Å². The van der Waals surface area contributed by atoms with Gasteiger partial charge in [-0.3, -0.25) is 0 Å². The Morgan fingerprint density at radius 1 is 1.39 bits per heavy atom. The average molecular weight is 244 g/mol. The number of aryl methyl sites for hydroxylation is 1. The molecule has 0 saturated carbocycles. The lowest BCUT2D eigenvalue weighted by atomic mass is 10.2. The van der Waals surface area contributed by atoms with Crippen LogP contribution in [0.4, 0.5) is 11.5 Å². The molecule has 0 atom stereocenters. The molecule has 1 aromatic carbocycles. The van der Waals surface area contributed by atoms with Gasteiger partial charge in [0.2, 0.25) is 0 Å². The number of anilines is 2. The minimum Gasteiger partial charge on any atom is -0.399 e. The van der Waals surface area contributed by atoms with Crippen LogP contribution in [-0.4, -0.2) is 28.2 Å². The molecule has 0 amide bonds. The van der Waals surface area contributed by atoms with Gasteiger partial charge in [0.25, 0.3) is 0 Å². The molecule has 94 valence electrons. The van der Waals surface area contributed by atoms with E-state index in [0.717, 1.165) is 16.9 Å². The molecule has 0 aliphatic heterocycles. The second-order valence-corrected chi connectivity index (χ2v) is 4.00. The highest BCUT2D eigenvalue weighted by molar-refractivity contribution is 5.62. The first-order valence-corrected chi connectivity index (χ1v) is 5.75. The maximum Gasteiger partial charge on any atom is 0.161 e. The van der Waals surface area contributed by atoms with Crippen molar-refractivity contribution in [3.63, 3.8) is 0 Å². The van der Waals surface area contributed by atoms with Crippen LogP contribution in [0, 0.1) is 6.92 Å². The van der Waals surface area contributed by atoms with Crippen molar-refractivity contribution in [1.82, 2.24) is 9.97 Å². The number of nitrogen functional groups attached to an aromatic ring is 1. The molecule has 5 heteroatoms. The Labute approximate surface area is 106 Å². The molecular formula is C13H16N4O. The van der Waals surface area contributed by atoms with Crippen molar-refractivity contribution in [3.05, 3.63) is 36.0 Å². The summed E-state index contributed by atoms with van der Waals surface area (Å²) < 4.78 is 0. The first-order chi connectivity index (χ1) is 8.70. The molecule has 0 aliphatic rings. The van der Waals surface area contributed by atoms with E-state index in [1.165, 1.54) is 0 Å². The van der Waals surface area contributed by atoms with Gasteiger partial charge in [-0.1, -0.05) is 12.1 Å².